The molecule has 1 heterocycles. The summed E-state index contributed by atoms with van der Waals surface area (Å²) in [6.45, 7) is 6.34. The molecular weight excluding hydrogens is 204 g/mol. The van der Waals surface area contributed by atoms with Crippen LogP contribution < -0.4 is 11.1 Å². The summed E-state index contributed by atoms with van der Waals surface area (Å²) in [4.78, 5) is 2.60. The minimum absolute atomic E-state index is 0.936. The maximum absolute atomic E-state index is 6.12. The van der Waals surface area contributed by atoms with Crippen molar-refractivity contribution < 1.29 is 0 Å². The number of aryl methyl sites for hydroxylation is 1. The Balaban J connectivity index is 3.15. The summed E-state index contributed by atoms with van der Waals surface area (Å²) < 4.78 is 0. The first-order valence-corrected chi connectivity index (χ1v) is 6.19. The minimum atomic E-state index is 0.936. The van der Waals surface area contributed by atoms with Crippen LogP contribution in [0.15, 0.2) is 6.08 Å². The average molecular weight is 224 g/mol. The van der Waals surface area contributed by atoms with Gasteiger partial charge < -0.3 is 11.1 Å². The summed E-state index contributed by atoms with van der Waals surface area (Å²) in [6.07, 6.45) is 4.36. The second-order valence-electron chi connectivity index (χ2n) is 3.60. The number of hydrogen-bond donors (Lipinski definition) is 2. The Morgan fingerprint density at radius 1 is 1.53 bits per heavy atom. The van der Waals surface area contributed by atoms with Crippen LogP contribution in [0.2, 0.25) is 0 Å². The highest BCUT2D eigenvalue weighted by Gasteiger charge is 2.13. The van der Waals surface area contributed by atoms with E-state index in [2.05, 4.69) is 25.2 Å². The lowest BCUT2D eigenvalue weighted by atomic mass is 10.1. The molecule has 0 aliphatic carbocycles. The fraction of sp³-hybridized carbons (Fsp3) is 0.500. The molecule has 3 N–H and O–H groups in total. The van der Waals surface area contributed by atoms with Gasteiger partial charge in [-0.1, -0.05) is 19.4 Å². The fourth-order valence-corrected chi connectivity index (χ4v) is 3.04. The third-order valence-electron chi connectivity index (χ3n) is 2.57. The van der Waals surface area contributed by atoms with E-state index in [1.165, 1.54) is 21.7 Å². The largest absolute Gasteiger partial charge is 0.397 e. The van der Waals surface area contributed by atoms with E-state index < -0.39 is 0 Å². The van der Waals surface area contributed by atoms with Crippen molar-refractivity contribution >= 4 is 22.7 Å². The molecule has 0 amide bonds. The van der Waals surface area contributed by atoms with Gasteiger partial charge in [0.1, 0.15) is 0 Å². The fourth-order valence-electron chi connectivity index (χ4n) is 1.63. The molecule has 0 saturated carbocycles. The molecule has 3 heteroatoms. The normalized spacial score (nSPS) is 11.9. The van der Waals surface area contributed by atoms with Crippen LogP contribution >= 0.6 is 11.3 Å². The lowest BCUT2D eigenvalue weighted by Gasteiger charge is -2.04. The summed E-state index contributed by atoms with van der Waals surface area (Å²) in [5, 5.41) is 3.18. The molecule has 0 unspecified atom stereocenters. The lowest BCUT2D eigenvalue weighted by molar-refractivity contribution is 0.933. The average Bonchev–Trinajstić information content (AvgIpc) is 2.50. The van der Waals surface area contributed by atoms with Crippen molar-refractivity contribution in [1.82, 2.24) is 5.32 Å². The van der Waals surface area contributed by atoms with Crippen molar-refractivity contribution in [3.63, 3.8) is 0 Å². The number of nitrogen functional groups attached to an aromatic ring is 1. The molecule has 0 atom stereocenters. The van der Waals surface area contributed by atoms with E-state index in [1.807, 2.05) is 25.3 Å². The predicted octanol–water partition coefficient (Wildman–Crippen LogP) is 3.17. The Labute approximate surface area is 96.2 Å². The van der Waals surface area contributed by atoms with Crippen molar-refractivity contribution in [1.29, 1.82) is 0 Å². The molecule has 0 aromatic carbocycles. The summed E-state index contributed by atoms with van der Waals surface area (Å²) >= 11 is 1.81. The second-order valence-corrected chi connectivity index (χ2v) is 4.70. The molecule has 15 heavy (non-hydrogen) atoms. The van der Waals surface area contributed by atoms with Gasteiger partial charge in [0.2, 0.25) is 0 Å². The molecule has 0 spiro atoms. The Hall–Kier alpha value is -0.960. The first-order chi connectivity index (χ1) is 7.15. The third kappa shape index (κ3) is 2.34. The molecule has 84 valence electrons. The maximum Gasteiger partial charge on any atom is 0.0733 e. The van der Waals surface area contributed by atoms with Crippen molar-refractivity contribution in [3.05, 3.63) is 21.4 Å². The zero-order valence-electron chi connectivity index (χ0n) is 9.98. The molecule has 2 nitrogen and oxygen atoms in total. The molecule has 0 aliphatic rings. The van der Waals surface area contributed by atoms with Gasteiger partial charge in [-0.25, -0.2) is 0 Å². The smallest absolute Gasteiger partial charge is 0.0733 e. The van der Waals surface area contributed by atoms with Crippen LogP contribution in [0.25, 0.3) is 5.70 Å². The summed E-state index contributed by atoms with van der Waals surface area (Å²) in [7, 11) is 1.93. The van der Waals surface area contributed by atoms with Crippen molar-refractivity contribution in [2.45, 2.75) is 33.6 Å². The number of nitrogens with one attached hydrogen (secondary N) is 1. The van der Waals surface area contributed by atoms with Gasteiger partial charge in [0.15, 0.2) is 0 Å². The summed E-state index contributed by atoms with van der Waals surface area (Å²) in [5.41, 5.74) is 9.44. The molecule has 1 aromatic heterocycles. The SMILES string of the molecule is C/C=C(\NC)c1sc(CCC)c(C)c1N. The van der Waals surface area contributed by atoms with Gasteiger partial charge in [0, 0.05) is 17.6 Å². The summed E-state index contributed by atoms with van der Waals surface area (Å²) in [5.74, 6) is 0. The molecule has 0 fully saturated rings. The van der Waals surface area contributed by atoms with E-state index in [0.29, 0.717) is 0 Å². The Morgan fingerprint density at radius 2 is 2.20 bits per heavy atom. The summed E-state index contributed by atoms with van der Waals surface area (Å²) in [6, 6.07) is 0. The number of allylic oxidation sites excluding steroid dienone is 1. The zero-order chi connectivity index (χ0) is 11.4. The van der Waals surface area contributed by atoms with Crippen molar-refractivity contribution in [2.24, 2.45) is 0 Å². The topological polar surface area (TPSA) is 38.0 Å². The lowest BCUT2D eigenvalue weighted by Crippen LogP contribution is -2.04. The van der Waals surface area contributed by atoms with Crippen molar-refractivity contribution in [3.8, 4) is 0 Å². The van der Waals surface area contributed by atoms with E-state index in [9.17, 15) is 0 Å². The minimum Gasteiger partial charge on any atom is -0.397 e. The number of rotatable bonds is 4. The van der Waals surface area contributed by atoms with Gasteiger partial charge in [0.05, 0.1) is 10.6 Å². The molecular formula is C12H20N2S. The molecule has 0 bridgehead atoms. The predicted molar refractivity (Wildman–Crippen MR) is 70.2 cm³/mol. The Kier molecular flexibility index (Phi) is 4.21. The van der Waals surface area contributed by atoms with Crippen LogP contribution in [0.5, 0.6) is 0 Å². The third-order valence-corrected chi connectivity index (χ3v) is 3.97. The number of hydrogen-bond acceptors (Lipinski definition) is 3. The molecule has 0 radical (unpaired) electrons. The van der Waals surface area contributed by atoms with Gasteiger partial charge in [-0.3, -0.25) is 0 Å². The van der Waals surface area contributed by atoms with Gasteiger partial charge in [-0.05, 0) is 25.8 Å². The quantitative estimate of drug-likeness (QED) is 0.824. The van der Waals surface area contributed by atoms with Crippen molar-refractivity contribution in [2.75, 3.05) is 12.8 Å². The van der Waals surface area contributed by atoms with E-state index in [-0.39, 0.29) is 0 Å². The van der Waals surface area contributed by atoms with Crippen LogP contribution in [0.4, 0.5) is 5.69 Å². The van der Waals surface area contributed by atoms with Crippen LogP contribution in [0.3, 0.4) is 0 Å². The highest BCUT2D eigenvalue weighted by atomic mass is 32.1. The van der Waals surface area contributed by atoms with Gasteiger partial charge in [0.25, 0.3) is 0 Å². The van der Waals surface area contributed by atoms with Crippen LogP contribution in [-0.2, 0) is 6.42 Å². The van der Waals surface area contributed by atoms with Crippen LogP contribution in [0, 0.1) is 6.92 Å². The number of thiophene rings is 1. The molecule has 0 aliphatic heterocycles. The Bertz CT molecular complexity index is 364. The van der Waals surface area contributed by atoms with Gasteiger partial charge >= 0.3 is 0 Å². The highest BCUT2D eigenvalue weighted by Crippen LogP contribution is 2.35. The second kappa shape index (κ2) is 5.21. The monoisotopic (exact) mass is 224 g/mol. The molecule has 1 rings (SSSR count). The van der Waals surface area contributed by atoms with Gasteiger partial charge in [-0.15, -0.1) is 11.3 Å². The van der Waals surface area contributed by atoms with Crippen LogP contribution in [0.1, 0.15) is 35.6 Å². The van der Waals surface area contributed by atoms with Crippen LogP contribution in [-0.4, -0.2) is 7.05 Å². The number of anilines is 1. The maximum atomic E-state index is 6.12. The standard InChI is InChI=1S/C12H20N2S/c1-5-7-10-8(3)11(13)12(15-10)9(6-2)14-4/h6,14H,5,7,13H2,1-4H3/b9-6-. The molecule has 1 aromatic rings. The molecule has 0 saturated heterocycles. The first-order valence-electron chi connectivity index (χ1n) is 5.37. The van der Waals surface area contributed by atoms with Gasteiger partial charge in [-0.2, -0.15) is 0 Å². The first kappa shape index (κ1) is 12.1. The van der Waals surface area contributed by atoms with E-state index in [1.54, 1.807) is 0 Å². The Morgan fingerprint density at radius 3 is 2.67 bits per heavy atom. The van der Waals surface area contributed by atoms with E-state index >= 15 is 0 Å². The zero-order valence-corrected chi connectivity index (χ0v) is 10.8. The highest BCUT2D eigenvalue weighted by molar-refractivity contribution is 7.13. The number of nitrogens with two attached hydrogens (primary N) is 1. The van der Waals surface area contributed by atoms with E-state index in [0.717, 1.165) is 17.8 Å². The van der Waals surface area contributed by atoms with E-state index in [4.69, 9.17) is 5.73 Å².